The van der Waals surface area contributed by atoms with Crippen LogP contribution in [0.1, 0.15) is 29.9 Å². The number of ether oxygens (including phenoxy) is 2. The molecule has 0 saturated heterocycles. The maximum Gasteiger partial charge on any atom is 0.340 e. The Morgan fingerprint density at radius 2 is 2.05 bits per heavy atom. The van der Waals surface area contributed by atoms with E-state index in [0.717, 1.165) is 11.2 Å². The normalized spacial score (nSPS) is 12.2. The van der Waals surface area contributed by atoms with Gasteiger partial charge in [0.05, 0.1) is 18.1 Å². The molecule has 0 spiro atoms. The molecule has 1 atom stereocenters. The van der Waals surface area contributed by atoms with E-state index in [9.17, 15) is 14.7 Å². The molecule has 0 aliphatic rings. The summed E-state index contributed by atoms with van der Waals surface area (Å²) in [5.74, 6) is -1.34. The van der Waals surface area contributed by atoms with Crippen molar-refractivity contribution in [3.8, 4) is 5.75 Å². The molecule has 1 aromatic carbocycles. The van der Waals surface area contributed by atoms with E-state index < -0.39 is 18.0 Å². The molecule has 0 N–H and O–H groups in total. The number of hydrogen-bond donors (Lipinski definition) is 0. The minimum Gasteiger partial charge on any atom is -0.546 e. The fourth-order valence-electron chi connectivity index (χ4n) is 2.34. The van der Waals surface area contributed by atoms with E-state index >= 15 is 0 Å². The molecule has 0 amide bonds. The molecule has 2 aromatic rings. The van der Waals surface area contributed by atoms with Gasteiger partial charge in [0.1, 0.15) is 11.9 Å². The summed E-state index contributed by atoms with van der Waals surface area (Å²) in [5.41, 5.74) is 2.08. The van der Waals surface area contributed by atoms with Crippen LogP contribution in [0.5, 0.6) is 5.75 Å². The fourth-order valence-corrected chi connectivity index (χ4v) is 2.34. The van der Waals surface area contributed by atoms with Crippen LogP contribution in [0, 0.1) is 6.92 Å². The second kappa shape index (κ2) is 6.09. The van der Waals surface area contributed by atoms with Crippen LogP contribution in [-0.2, 0) is 16.6 Å². The number of aliphatic carboxylic acids is 1. The zero-order chi connectivity index (χ0) is 16.4. The molecule has 22 heavy (non-hydrogen) atoms. The number of aromatic nitrogens is 1. The number of esters is 1. The van der Waals surface area contributed by atoms with Crippen molar-refractivity contribution in [1.82, 2.24) is 4.57 Å². The first-order valence-electron chi connectivity index (χ1n) is 7.00. The number of benzene rings is 1. The van der Waals surface area contributed by atoms with E-state index in [1.54, 1.807) is 25.1 Å². The molecule has 0 aliphatic heterocycles. The summed E-state index contributed by atoms with van der Waals surface area (Å²) in [5, 5.41) is 11.4. The molecule has 0 bridgehead atoms. The van der Waals surface area contributed by atoms with Crippen LogP contribution in [-0.4, -0.2) is 29.2 Å². The van der Waals surface area contributed by atoms with Gasteiger partial charge in [-0.15, -0.1) is 0 Å². The number of aryl methyl sites for hydroxylation is 1. The number of rotatable bonds is 5. The number of carboxylic acids is 1. The lowest BCUT2D eigenvalue weighted by Gasteiger charge is -2.15. The zero-order valence-corrected chi connectivity index (χ0v) is 13.0. The number of nitrogens with zero attached hydrogens (tertiary/aromatic N) is 1. The molecule has 1 heterocycles. The van der Waals surface area contributed by atoms with Gasteiger partial charge in [-0.2, -0.15) is 0 Å². The fraction of sp³-hybridized carbons (Fsp3) is 0.375. The second-order valence-electron chi connectivity index (χ2n) is 5.00. The third kappa shape index (κ3) is 2.77. The first-order chi connectivity index (χ1) is 10.4. The summed E-state index contributed by atoms with van der Waals surface area (Å²) in [6, 6.07) is 5.09. The molecule has 1 unspecified atom stereocenters. The Kier molecular flexibility index (Phi) is 4.40. The van der Waals surface area contributed by atoms with Crippen LogP contribution in [0.15, 0.2) is 18.2 Å². The average Bonchev–Trinajstić information content (AvgIpc) is 2.70. The number of fused-ring (bicyclic) bond motifs is 1. The summed E-state index contributed by atoms with van der Waals surface area (Å²) < 4.78 is 12.3. The van der Waals surface area contributed by atoms with Crippen molar-refractivity contribution in [1.29, 1.82) is 0 Å². The van der Waals surface area contributed by atoms with Crippen molar-refractivity contribution >= 4 is 22.8 Å². The Bertz CT molecular complexity index is 732. The largest absolute Gasteiger partial charge is 0.546 e. The maximum atomic E-state index is 12.2. The predicted molar refractivity (Wildman–Crippen MR) is 78.7 cm³/mol. The Hall–Kier alpha value is -2.50. The maximum absolute atomic E-state index is 12.2. The van der Waals surface area contributed by atoms with Gasteiger partial charge in [0, 0.05) is 23.6 Å². The zero-order valence-electron chi connectivity index (χ0n) is 13.0. The number of carboxylic acid groups (broad SMARTS) is 1. The standard InChI is InChI=1S/C16H19NO5/c1-5-21-16(20)14-9(2)17(4)13-7-6-11(8-12(13)14)22-10(3)15(18)19/h6-8,10H,5H2,1-4H3,(H,18,19)/p-1. The molecule has 0 fully saturated rings. The van der Waals surface area contributed by atoms with Crippen LogP contribution < -0.4 is 9.84 Å². The molecule has 0 aliphatic carbocycles. The number of hydrogen-bond acceptors (Lipinski definition) is 5. The Labute approximate surface area is 128 Å². The topological polar surface area (TPSA) is 80.6 Å². The van der Waals surface area contributed by atoms with Gasteiger partial charge in [-0.05, 0) is 39.0 Å². The van der Waals surface area contributed by atoms with E-state index in [4.69, 9.17) is 9.47 Å². The summed E-state index contributed by atoms with van der Waals surface area (Å²) in [4.78, 5) is 22.9. The predicted octanol–water partition coefficient (Wildman–Crippen LogP) is 1.18. The summed E-state index contributed by atoms with van der Waals surface area (Å²) in [6.45, 7) is 5.25. The molecule has 6 nitrogen and oxygen atoms in total. The van der Waals surface area contributed by atoms with Gasteiger partial charge in [-0.1, -0.05) is 0 Å². The van der Waals surface area contributed by atoms with Crippen molar-refractivity contribution in [3.05, 3.63) is 29.5 Å². The van der Waals surface area contributed by atoms with Crippen molar-refractivity contribution in [2.75, 3.05) is 6.61 Å². The van der Waals surface area contributed by atoms with Crippen molar-refractivity contribution in [2.24, 2.45) is 7.05 Å². The molecule has 118 valence electrons. The van der Waals surface area contributed by atoms with Gasteiger partial charge in [0.15, 0.2) is 0 Å². The summed E-state index contributed by atoms with van der Waals surface area (Å²) >= 11 is 0. The highest BCUT2D eigenvalue weighted by atomic mass is 16.5. The van der Waals surface area contributed by atoms with Gasteiger partial charge >= 0.3 is 5.97 Å². The lowest BCUT2D eigenvalue weighted by molar-refractivity contribution is -0.312. The second-order valence-corrected chi connectivity index (χ2v) is 5.00. The Morgan fingerprint density at radius 3 is 2.64 bits per heavy atom. The lowest BCUT2D eigenvalue weighted by Crippen LogP contribution is -2.37. The van der Waals surface area contributed by atoms with Crippen LogP contribution >= 0.6 is 0 Å². The monoisotopic (exact) mass is 304 g/mol. The van der Waals surface area contributed by atoms with E-state index in [1.165, 1.54) is 6.92 Å². The van der Waals surface area contributed by atoms with Gasteiger partial charge in [-0.3, -0.25) is 0 Å². The molecule has 2 rings (SSSR count). The summed E-state index contributed by atoms with van der Waals surface area (Å²) in [7, 11) is 1.85. The van der Waals surface area contributed by atoms with Gasteiger partial charge < -0.3 is 23.9 Å². The minimum atomic E-state index is -1.30. The molecular formula is C16H18NO5-. The Morgan fingerprint density at radius 1 is 1.36 bits per heavy atom. The SMILES string of the molecule is CCOC(=O)c1c(C)n(C)c2ccc(OC(C)C(=O)[O-])cc12. The first kappa shape index (κ1) is 15.9. The molecule has 6 heteroatoms. The highest BCUT2D eigenvalue weighted by Crippen LogP contribution is 2.29. The number of carbonyl (C=O) groups excluding carboxylic acids is 2. The van der Waals surface area contributed by atoms with E-state index in [1.807, 2.05) is 18.5 Å². The smallest absolute Gasteiger partial charge is 0.340 e. The van der Waals surface area contributed by atoms with Gasteiger partial charge in [-0.25, -0.2) is 4.79 Å². The van der Waals surface area contributed by atoms with Gasteiger partial charge in [0.2, 0.25) is 0 Å². The number of carbonyl (C=O) groups is 2. The minimum absolute atomic E-state index is 0.284. The third-order valence-electron chi connectivity index (χ3n) is 3.59. The van der Waals surface area contributed by atoms with Crippen LogP contribution in [0.2, 0.25) is 0 Å². The highest BCUT2D eigenvalue weighted by Gasteiger charge is 2.20. The third-order valence-corrected chi connectivity index (χ3v) is 3.59. The van der Waals surface area contributed by atoms with E-state index in [0.29, 0.717) is 16.7 Å². The van der Waals surface area contributed by atoms with Crippen molar-refractivity contribution in [2.45, 2.75) is 26.9 Å². The van der Waals surface area contributed by atoms with Crippen molar-refractivity contribution in [3.63, 3.8) is 0 Å². The molecule has 0 saturated carbocycles. The average molecular weight is 304 g/mol. The Balaban J connectivity index is 2.52. The van der Waals surface area contributed by atoms with Crippen LogP contribution in [0.25, 0.3) is 10.9 Å². The molecular weight excluding hydrogens is 286 g/mol. The van der Waals surface area contributed by atoms with Crippen molar-refractivity contribution < 1.29 is 24.2 Å². The first-order valence-corrected chi connectivity index (χ1v) is 7.00. The quantitative estimate of drug-likeness (QED) is 0.775. The van der Waals surface area contributed by atoms with E-state index in [2.05, 4.69) is 0 Å². The molecule has 1 aromatic heterocycles. The lowest BCUT2D eigenvalue weighted by atomic mass is 10.1. The molecule has 0 radical (unpaired) electrons. The highest BCUT2D eigenvalue weighted by molar-refractivity contribution is 6.06. The summed E-state index contributed by atoms with van der Waals surface area (Å²) in [6.07, 6.45) is -1.08. The van der Waals surface area contributed by atoms with Crippen LogP contribution in [0.3, 0.4) is 0 Å². The van der Waals surface area contributed by atoms with Crippen LogP contribution in [0.4, 0.5) is 0 Å². The van der Waals surface area contributed by atoms with E-state index in [-0.39, 0.29) is 6.61 Å². The van der Waals surface area contributed by atoms with Gasteiger partial charge in [0.25, 0.3) is 0 Å².